The molecule has 2 N–H and O–H groups in total. The van der Waals surface area contributed by atoms with Crippen molar-refractivity contribution >= 4 is 23.5 Å². The van der Waals surface area contributed by atoms with E-state index >= 15 is 0 Å². The number of nitrogens with one attached hydrogen (secondary N) is 2. The zero-order valence-corrected chi connectivity index (χ0v) is 23.0. The summed E-state index contributed by atoms with van der Waals surface area (Å²) in [5, 5.41) is 7.79. The summed E-state index contributed by atoms with van der Waals surface area (Å²) in [6, 6.07) is 22.3. The van der Waals surface area contributed by atoms with Crippen molar-refractivity contribution in [2.45, 2.75) is 36.8 Å². The number of fused-ring (bicyclic) bond motifs is 1. The molecule has 2 unspecified atom stereocenters. The fourth-order valence-electron chi connectivity index (χ4n) is 8.86. The molecule has 7 nitrogen and oxygen atoms in total. The van der Waals surface area contributed by atoms with E-state index in [0.717, 1.165) is 11.5 Å². The van der Waals surface area contributed by atoms with Crippen LogP contribution in [0.25, 0.3) is 11.1 Å². The van der Waals surface area contributed by atoms with Crippen molar-refractivity contribution in [3.8, 4) is 22.6 Å². The van der Waals surface area contributed by atoms with Crippen LogP contribution < -0.4 is 29.2 Å². The topological polar surface area (TPSA) is 63.2 Å². The molecule has 0 bridgehead atoms. The molecule has 7 heterocycles. The fourth-order valence-corrected chi connectivity index (χ4v) is 11.3. The summed E-state index contributed by atoms with van der Waals surface area (Å²) in [7, 11) is 0. The van der Waals surface area contributed by atoms with Crippen LogP contribution >= 0.6 is 23.5 Å². The van der Waals surface area contributed by atoms with Gasteiger partial charge in [0.2, 0.25) is 0 Å². The Labute approximate surface area is 242 Å². The molecule has 9 heteroatoms. The Morgan fingerprint density at radius 2 is 1.17 bits per heavy atom. The van der Waals surface area contributed by atoms with E-state index < -0.39 is 11.3 Å². The highest BCUT2D eigenvalue weighted by atomic mass is 32.2. The van der Waals surface area contributed by atoms with E-state index in [1.54, 1.807) is 0 Å². The van der Waals surface area contributed by atoms with Gasteiger partial charge in [0.25, 0.3) is 11.3 Å². The Morgan fingerprint density at radius 1 is 0.659 bits per heavy atom. The number of aromatic nitrogens is 3. The first kappa shape index (κ1) is 20.9. The lowest BCUT2D eigenvalue weighted by atomic mass is 9.73. The van der Waals surface area contributed by atoms with Crippen LogP contribution in [-0.4, -0.2) is 18.4 Å². The van der Waals surface area contributed by atoms with Gasteiger partial charge in [-0.3, -0.25) is 0 Å². The molecule has 1 aliphatic carbocycles. The summed E-state index contributed by atoms with van der Waals surface area (Å²) in [4.78, 5) is 10.0. The van der Waals surface area contributed by atoms with Gasteiger partial charge >= 0.3 is 18.5 Å². The molecule has 4 aromatic carbocycles. The predicted octanol–water partition coefficient (Wildman–Crippen LogP) is 3.75. The van der Waals surface area contributed by atoms with Crippen LogP contribution in [0.3, 0.4) is 0 Å². The lowest BCUT2D eigenvalue weighted by molar-refractivity contribution is -0.891. The van der Waals surface area contributed by atoms with Gasteiger partial charge < -0.3 is 9.47 Å². The van der Waals surface area contributed by atoms with E-state index in [0.29, 0.717) is 13.5 Å². The lowest BCUT2D eigenvalue weighted by Crippen LogP contribution is -2.81. The molecule has 0 saturated heterocycles. The molecular weight excluding hydrogens is 551 g/mol. The predicted molar refractivity (Wildman–Crippen MR) is 148 cm³/mol. The second-order valence-electron chi connectivity index (χ2n) is 11.5. The van der Waals surface area contributed by atoms with Gasteiger partial charge in [-0.2, -0.15) is 0 Å². The minimum atomic E-state index is -0.631. The molecule has 6 aliphatic heterocycles. The van der Waals surface area contributed by atoms with Gasteiger partial charge in [0.15, 0.2) is 0 Å². The Kier molecular flexibility index (Phi) is 3.29. The highest BCUT2D eigenvalue weighted by molar-refractivity contribution is 7.99. The third-order valence-corrected chi connectivity index (χ3v) is 12.3. The van der Waals surface area contributed by atoms with Crippen molar-refractivity contribution in [2.75, 3.05) is 13.5 Å². The van der Waals surface area contributed by atoms with Crippen LogP contribution in [0.1, 0.15) is 45.1 Å². The number of rotatable bonds is 0. The highest BCUT2D eigenvalue weighted by Gasteiger charge is 2.69. The molecule has 41 heavy (non-hydrogen) atoms. The molecule has 0 radical (unpaired) electrons. The number of nitrogens with zero attached hydrogens (tertiary/aromatic N) is 3. The highest BCUT2D eigenvalue weighted by Crippen LogP contribution is 2.65. The molecule has 0 fully saturated rings. The maximum atomic E-state index is 6.25. The largest absolute Gasteiger partial charge is 0.478 e. The average Bonchev–Trinajstić information content (AvgIpc) is 3.35. The van der Waals surface area contributed by atoms with Crippen molar-refractivity contribution in [2.24, 2.45) is 0 Å². The van der Waals surface area contributed by atoms with Crippen LogP contribution in [-0.2, 0) is 11.3 Å². The maximum absolute atomic E-state index is 6.25. The monoisotopic (exact) mass is 569 g/mol. The summed E-state index contributed by atoms with van der Waals surface area (Å²) in [5.41, 5.74) is 9.28. The molecule has 12 rings (SSSR count). The van der Waals surface area contributed by atoms with Gasteiger partial charge in [0, 0.05) is 30.7 Å². The molecule has 194 valence electrons. The lowest BCUT2D eigenvalue weighted by Gasteiger charge is -2.48. The van der Waals surface area contributed by atoms with Crippen molar-refractivity contribution in [1.82, 2.24) is 15.6 Å². The maximum Gasteiger partial charge on any atom is 0.360 e. The molecule has 1 aromatic heterocycles. The van der Waals surface area contributed by atoms with E-state index in [1.807, 2.05) is 36.2 Å². The van der Waals surface area contributed by atoms with Crippen LogP contribution in [0.2, 0.25) is 0 Å². The van der Waals surface area contributed by atoms with Gasteiger partial charge in [0.05, 0.1) is 16.1 Å². The zero-order valence-electron chi connectivity index (χ0n) is 21.4. The van der Waals surface area contributed by atoms with E-state index in [9.17, 15) is 0 Å². The van der Waals surface area contributed by atoms with Crippen LogP contribution in [0.4, 0.5) is 0 Å². The normalized spacial score (nSPS) is 26.3. The smallest absolute Gasteiger partial charge is 0.360 e. The van der Waals surface area contributed by atoms with E-state index in [1.165, 1.54) is 69.9 Å². The molecule has 0 saturated carbocycles. The number of hydrogen-bond acceptors (Lipinski definition) is 7. The van der Waals surface area contributed by atoms with E-state index in [-0.39, 0.29) is 5.92 Å². The Balaban J connectivity index is 1.34. The first-order valence-corrected chi connectivity index (χ1v) is 15.5. The minimum Gasteiger partial charge on any atom is -0.478 e. The average molecular weight is 570 g/mol. The molecule has 2 atom stereocenters. The summed E-state index contributed by atoms with van der Waals surface area (Å²) in [6.45, 7) is 0.832. The van der Waals surface area contributed by atoms with Crippen LogP contribution in [0.15, 0.2) is 92.9 Å². The number of hydrogen-bond donors (Lipinski definition) is 2. The number of benzene rings is 4. The quantitative estimate of drug-likeness (QED) is 0.270. The second-order valence-corrected chi connectivity index (χ2v) is 13.7. The van der Waals surface area contributed by atoms with E-state index in [4.69, 9.17) is 14.5 Å². The third kappa shape index (κ3) is 1.97. The van der Waals surface area contributed by atoms with Crippen molar-refractivity contribution in [3.05, 3.63) is 113 Å². The Bertz CT molecular complexity index is 2020. The summed E-state index contributed by atoms with van der Waals surface area (Å²) >= 11 is 3.71. The fraction of sp³-hybridized carbons (Fsp3) is 0.156. The second kappa shape index (κ2) is 6.44. The first-order chi connectivity index (χ1) is 20.3. The van der Waals surface area contributed by atoms with Crippen LogP contribution in [0, 0.1) is 0 Å². The number of ether oxygens (including phenoxy) is 2. The van der Waals surface area contributed by atoms with Crippen LogP contribution in [0.5, 0.6) is 11.5 Å². The molecular formula is C32H19N5O2S2+2. The van der Waals surface area contributed by atoms with Crippen molar-refractivity contribution in [1.29, 1.82) is 0 Å². The third-order valence-electron chi connectivity index (χ3n) is 10.1. The molecule has 2 spiro atoms. The summed E-state index contributed by atoms with van der Waals surface area (Å²) in [6.07, 6.45) is 4.07. The Hall–Kier alpha value is -3.89. The van der Waals surface area contributed by atoms with Gasteiger partial charge in [-0.15, -0.1) is 9.13 Å². The van der Waals surface area contributed by atoms with Gasteiger partial charge in [0.1, 0.15) is 30.9 Å². The standard InChI is InChI=1S/C32H19N5O2S2/c1-3-17-26-19(5-1)40-21-9-7-15-16-8-10-22-29-24(16)25-23(15)28(21)31(26,34-13-38-17)36-11-33-12-37(30(25)36)32(29)27-18(39-14-35-32)4-2-6-20(27)41-22/h1-12,25,34-35H,13-14H2/q+2. The van der Waals surface area contributed by atoms with Crippen molar-refractivity contribution < 1.29 is 18.6 Å². The first-order valence-electron chi connectivity index (χ1n) is 13.9. The SMILES string of the molecule is c1cc2c3c(c1)Sc1ccc4c5c1C3(NCO2)[n+]1cnc[n+]2c1C5c1c-4ccc3c1C21NCOc2cccc(c21)S3. The van der Waals surface area contributed by atoms with Crippen molar-refractivity contribution in [3.63, 3.8) is 0 Å². The molecule has 0 amide bonds. The van der Waals surface area contributed by atoms with Gasteiger partial charge in [-0.25, -0.2) is 10.6 Å². The molecule has 7 aliphatic rings. The minimum absolute atomic E-state index is 0.0991. The van der Waals surface area contributed by atoms with Gasteiger partial charge in [-0.1, -0.05) is 47.8 Å². The summed E-state index contributed by atoms with van der Waals surface area (Å²) in [5.74, 6) is 3.19. The summed E-state index contributed by atoms with van der Waals surface area (Å²) < 4.78 is 17.4. The van der Waals surface area contributed by atoms with Gasteiger partial charge in [-0.05, 0) is 58.7 Å². The Morgan fingerprint density at radius 3 is 1.71 bits per heavy atom. The van der Waals surface area contributed by atoms with E-state index in [2.05, 4.69) is 80.4 Å². The zero-order chi connectivity index (χ0) is 26.2. The molecule has 5 aromatic rings.